The molecule has 0 unspecified atom stereocenters. The first-order valence-electron chi connectivity index (χ1n) is 9.65. The highest BCUT2D eigenvalue weighted by Crippen LogP contribution is 2.50. The summed E-state index contributed by atoms with van der Waals surface area (Å²) in [6, 6.07) is 14.5. The molecule has 2 heterocycles. The lowest BCUT2D eigenvalue weighted by Crippen LogP contribution is -2.54. The van der Waals surface area contributed by atoms with Crippen LogP contribution >= 0.6 is 0 Å². The quantitative estimate of drug-likeness (QED) is 0.642. The number of fused-ring (bicyclic) bond motifs is 1. The molecule has 6 heteroatoms. The number of amides is 2. The number of hydrogen-bond acceptors (Lipinski definition) is 5. The standard InChI is InChI=1S/C23H24N2O4/c1-13-9-11-15(12-10-13)25-20(26)17-18(21(25)27)23(3,22(28)29-4)24-19(17)16-8-6-5-7-14(16)2/h5-12,17-19,24H,1-4H3/t17-,18-,19-,23-/m1/s1. The van der Waals surface area contributed by atoms with E-state index in [0.29, 0.717) is 5.69 Å². The van der Waals surface area contributed by atoms with Crippen LogP contribution in [0.4, 0.5) is 5.69 Å². The molecule has 0 aromatic heterocycles. The summed E-state index contributed by atoms with van der Waals surface area (Å²) in [6.07, 6.45) is 0. The van der Waals surface area contributed by atoms with Gasteiger partial charge in [0, 0.05) is 6.04 Å². The normalized spacial score (nSPS) is 28.6. The molecule has 0 bridgehead atoms. The molecule has 0 radical (unpaired) electrons. The van der Waals surface area contributed by atoms with E-state index in [-0.39, 0.29) is 11.8 Å². The first kappa shape index (κ1) is 19.3. The van der Waals surface area contributed by atoms with E-state index in [0.717, 1.165) is 16.7 Å². The van der Waals surface area contributed by atoms with Gasteiger partial charge in [0.05, 0.1) is 24.6 Å². The van der Waals surface area contributed by atoms with Crippen LogP contribution in [0.15, 0.2) is 48.5 Å². The zero-order valence-electron chi connectivity index (χ0n) is 16.9. The van der Waals surface area contributed by atoms with Crippen LogP contribution in [0, 0.1) is 25.7 Å². The van der Waals surface area contributed by atoms with Crippen molar-refractivity contribution in [1.29, 1.82) is 0 Å². The maximum absolute atomic E-state index is 13.5. The summed E-state index contributed by atoms with van der Waals surface area (Å²) in [7, 11) is 1.30. The van der Waals surface area contributed by atoms with E-state index >= 15 is 0 Å². The molecule has 2 aliphatic heterocycles. The van der Waals surface area contributed by atoms with E-state index in [1.807, 2.05) is 50.2 Å². The molecule has 0 saturated carbocycles. The number of nitrogens with one attached hydrogen (secondary N) is 1. The molecule has 4 rings (SSSR count). The summed E-state index contributed by atoms with van der Waals surface area (Å²) in [6.45, 7) is 5.55. The molecule has 2 fully saturated rings. The van der Waals surface area contributed by atoms with Crippen LogP contribution in [0.1, 0.15) is 29.7 Å². The van der Waals surface area contributed by atoms with E-state index in [1.54, 1.807) is 19.1 Å². The van der Waals surface area contributed by atoms with Crippen molar-refractivity contribution in [2.24, 2.45) is 11.8 Å². The minimum atomic E-state index is -1.29. The van der Waals surface area contributed by atoms with Crippen molar-refractivity contribution in [1.82, 2.24) is 5.32 Å². The molecule has 4 atom stereocenters. The Bertz CT molecular complexity index is 1000. The average molecular weight is 392 g/mol. The summed E-state index contributed by atoms with van der Waals surface area (Å²) in [5.74, 6) is -2.74. The predicted octanol–water partition coefficient (Wildman–Crippen LogP) is 2.69. The third kappa shape index (κ3) is 2.78. The van der Waals surface area contributed by atoms with Crippen LogP contribution in [0.5, 0.6) is 0 Å². The van der Waals surface area contributed by atoms with Crippen molar-refractivity contribution < 1.29 is 19.1 Å². The maximum Gasteiger partial charge on any atom is 0.326 e. The molecule has 150 valence electrons. The monoisotopic (exact) mass is 392 g/mol. The molecule has 2 amide bonds. The lowest BCUT2D eigenvalue weighted by molar-refractivity contribution is -0.151. The number of ether oxygens (including phenoxy) is 1. The van der Waals surface area contributed by atoms with Gasteiger partial charge >= 0.3 is 5.97 Å². The fraction of sp³-hybridized carbons (Fsp3) is 0.348. The molecule has 29 heavy (non-hydrogen) atoms. The maximum atomic E-state index is 13.5. The van der Waals surface area contributed by atoms with Gasteiger partial charge in [-0.15, -0.1) is 0 Å². The molecule has 2 aliphatic rings. The van der Waals surface area contributed by atoms with E-state index < -0.39 is 29.4 Å². The number of carbonyl (C=O) groups is 3. The first-order chi connectivity index (χ1) is 13.8. The van der Waals surface area contributed by atoms with E-state index in [1.165, 1.54) is 12.0 Å². The van der Waals surface area contributed by atoms with E-state index in [2.05, 4.69) is 5.32 Å². The summed E-state index contributed by atoms with van der Waals surface area (Å²) < 4.78 is 5.02. The predicted molar refractivity (Wildman–Crippen MR) is 108 cm³/mol. The van der Waals surface area contributed by atoms with Crippen molar-refractivity contribution in [2.75, 3.05) is 12.0 Å². The Balaban J connectivity index is 1.84. The first-order valence-corrected chi connectivity index (χ1v) is 9.65. The Hall–Kier alpha value is -2.99. The zero-order valence-corrected chi connectivity index (χ0v) is 16.9. The van der Waals surface area contributed by atoms with Gasteiger partial charge in [-0.05, 0) is 44.0 Å². The number of hydrogen-bond donors (Lipinski definition) is 1. The van der Waals surface area contributed by atoms with Gasteiger partial charge in [-0.3, -0.25) is 19.7 Å². The number of carbonyl (C=O) groups excluding carboxylic acids is 3. The second-order valence-electron chi connectivity index (χ2n) is 8.02. The number of esters is 1. The van der Waals surface area contributed by atoms with Gasteiger partial charge in [0.2, 0.25) is 11.8 Å². The highest BCUT2D eigenvalue weighted by molar-refractivity contribution is 6.24. The highest BCUT2D eigenvalue weighted by Gasteiger charge is 2.67. The molecular formula is C23H24N2O4. The highest BCUT2D eigenvalue weighted by atomic mass is 16.5. The number of benzene rings is 2. The van der Waals surface area contributed by atoms with Gasteiger partial charge in [0.15, 0.2) is 0 Å². The van der Waals surface area contributed by atoms with Crippen LogP contribution < -0.4 is 10.2 Å². The molecule has 1 N–H and O–H groups in total. The third-order valence-electron chi connectivity index (χ3n) is 6.21. The minimum absolute atomic E-state index is 0.294. The SMILES string of the molecule is COC(=O)[C@]1(C)N[C@H](c2ccccc2C)[C@@H]2C(=O)N(c3ccc(C)cc3)C(=O)[C@@H]21. The second-order valence-corrected chi connectivity index (χ2v) is 8.02. The molecule has 2 saturated heterocycles. The van der Waals surface area contributed by atoms with Gasteiger partial charge in [-0.2, -0.15) is 0 Å². The number of aryl methyl sites for hydroxylation is 2. The molecule has 0 aliphatic carbocycles. The van der Waals surface area contributed by atoms with Crippen molar-refractivity contribution in [3.8, 4) is 0 Å². The second kappa shape index (κ2) is 6.81. The van der Waals surface area contributed by atoms with E-state index in [4.69, 9.17) is 4.74 Å². The van der Waals surface area contributed by atoms with Crippen molar-refractivity contribution in [3.63, 3.8) is 0 Å². The van der Waals surface area contributed by atoms with Gasteiger partial charge in [0.1, 0.15) is 5.54 Å². The van der Waals surface area contributed by atoms with Gasteiger partial charge in [-0.1, -0.05) is 42.0 Å². The Kier molecular flexibility index (Phi) is 4.54. The van der Waals surface area contributed by atoms with Crippen LogP contribution in [-0.4, -0.2) is 30.4 Å². The van der Waals surface area contributed by atoms with E-state index in [9.17, 15) is 14.4 Å². The Morgan fingerprint density at radius 3 is 2.31 bits per heavy atom. The number of imide groups is 1. The number of anilines is 1. The van der Waals surface area contributed by atoms with Gasteiger partial charge in [0.25, 0.3) is 0 Å². The van der Waals surface area contributed by atoms with Gasteiger partial charge in [-0.25, -0.2) is 4.90 Å². The smallest absolute Gasteiger partial charge is 0.326 e. The lowest BCUT2D eigenvalue weighted by Gasteiger charge is -2.29. The number of methoxy groups -OCH3 is 1. The lowest BCUT2D eigenvalue weighted by atomic mass is 9.80. The van der Waals surface area contributed by atoms with Crippen LogP contribution in [0.3, 0.4) is 0 Å². The summed E-state index contributed by atoms with van der Waals surface area (Å²) >= 11 is 0. The van der Waals surface area contributed by atoms with Crippen LogP contribution in [-0.2, 0) is 19.1 Å². The topological polar surface area (TPSA) is 75.7 Å². The number of rotatable bonds is 3. The largest absolute Gasteiger partial charge is 0.468 e. The van der Waals surface area contributed by atoms with Crippen LogP contribution in [0.25, 0.3) is 0 Å². The van der Waals surface area contributed by atoms with Crippen LogP contribution in [0.2, 0.25) is 0 Å². The van der Waals surface area contributed by atoms with Crippen molar-refractivity contribution in [2.45, 2.75) is 32.4 Å². The third-order valence-corrected chi connectivity index (χ3v) is 6.21. The summed E-state index contributed by atoms with van der Waals surface area (Å²) in [5, 5.41) is 3.28. The molecule has 0 spiro atoms. The summed E-state index contributed by atoms with van der Waals surface area (Å²) in [4.78, 5) is 40.9. The molecule has 2 aromatic carbocycles. The van der Waals surface area contributed by atoms with Gasteiger partial charge < -0.3 is 4.74 Å². The fourth-order valence-electron chi connectivity index (χ4n) is 4.69. The minimum Gasteiger partial charge on any atom is -0.468 e. The fourth-order valence-corrected chi connectivity index (χ4v) is 4.69. The Morgan fingerprint density at radius 2 is 1.69 bits per heavy atom. The van der Waals surface area contributed by atoms with Crippen molar-refractivity contribution >= 4 is 23.5 Å². The zero-order chi connectivity index (χ0) is 20.9. The summed E-state index contributed by atoms with van der Waals surface area (Å²) in [5.41, 5.74) is 2.16. The molecular weight excluding hydrogens is 368 g/mol. The van der Waals surface area contributed by atoms with Crippen molar-refractivity contribution in [3.05, 3.63) is 65.2 Å². The number of nitrogens with zero attached hydrogens (tertiary/aromatic N) is 1. The molecule has 6 nitrogen and oxygen atoms in total. The molecule has 2 aromatic rings. The Morgan fingerprint density at radius 1 is 1.03 bits per heavy atom. The average Bonchev–Trinajstić information content (AvgIpc) is 3.16. The Labute approximate surface area is 169 Å².